The minimum absolute atomic E-state index is 0.202. The smallest absolute Gasteiger partial charge is 0.259 e. The molecule has 0 spiro atoms. The van der Waals surface area contributed by atoms with Gasteiger partial charge in [0.25, 0.3) is 5.91 Å². The van der Waals surface area contributed by atoms with Crippen LogP contribution < -0.4 is 5.32 Å². The van der Waals surface area contributed by atoms with Gasteiger partial charge in [-0.15, -0.1) is 11.3 Å². The van der Waals surface area contributed by atoms with E-state index in [9.17, 15) is 4.79 Å². The van der Waals surface area contributed by atoms with Crippen molar-refractivity contribution in [2.45, 2.75) is 26.3 Å². The molecule has 0 saturated carbocycles. The Labute approximate surface area is 162 Å². The van der Waals surface area contributed by atoms with Gasteiger partial charge in [0.2, 0.25) is 0 Å². The van der Waals surface area contributed by atoms with Gasteiger partial charge in [-0.25, -0.2) is 15.0 Å². The number of carbonyl (C=O) groups is 1. The fraction of sp³-hybridized carbons (Fsp3) is 0.368. The summed E-state index contributed by atoms with van der Waals surface area (Å²) in [5, 5.41) is 5.51. The second kappa shape index (κ2) is 7.98. The lowest BCUT2D eigenvalue weighted by molar-refractivity contribution is 0.102. The molecule has 27 heavy (non-hydrogen) atoms. The standard InChI is InChI=1S/C19H22N6OS/c1-14-4-7-24(8-5-14)11-16-12-27-19(22-16)23-18(26)15-2-3-17(21-10-15)25-9-6-20-13-25/h2-3,6,9-10,12-14H,4-5,7-8,11H2,1H3,(H,22,23,26). The van der Waals surface area contributed by atoms with Crippen molar-refractivity contribution < 1.29 is 4.79 Å². The minimum atomic E-state index is -0.202. The van der Waals surface area contributed by atoms with E-state index in [1.54, 1.807) is 35.4 Å². The molecule has 4 heterocycles. The zero-order valence-electron chi connectivity index (χ0n) is 15.2. The third-order valence-corrected chi connectivity index (χ3v) is 5.62. The zero-order valence-corrected chi connectivity index (χ0v) is 16.0. The summed E-state index contributed by atoms with van der Waals surface area (Å²) in [6.07, 6.45) is 9.22. The van der Waals surface area contributed by atoms with Crippen LogP contribution in [0.3, 0.4) is 0 Å². The van der Waals surface area contributed by atoms with Gasteiger partial charge in [0, 0.05) is 30.5 Å². The van der Waals surface area contributed by atoms with Crippen LogP contribution in [0.15, 0.2) is 42.4 Å². The number of thiazole rings is 1. The maximum atomic E-state index is 12.4. The Hall–Kier alpha value is -2.58. The number of rotatable bonds is 5. The third kappa shape index (κ3) is 4.40. The van der Waals surface area contributed by atoms with E-state index in [0.717, 1.165) is 37.1 Å². The van der Waals surface area contributed by atoms with Crippen LogP contribution in [0.1, 0.15) is 35.8 Å². The maximum Gasteiger partial charge on any atom is 0.259 e. The van der Waals surface area contributed by atoms with E-state index in [1.807, 2.05) is 11.6 Å². The molecule has 140 valence electrons. The average molecular weight is 382 g/mol. The number of likely N-dealkylation sites (tertiary alicyclic amines) is 1. The van der Waals surface area contributed by atoms with Gasteiger partial charge in [-0.05, 0) is 44.0 Å². The van der Waals surface area contributed by atoms with Crippen molar-refractivity contribution in [2.75, 3.05) is 18.4 Å². The van der Waals surface area contributed by atoms with E-state index in [2.05, 4.69) is 32.1 Å². The van der Waals surface area contributed by atoms with Gasteiger partial charge in [0.1, 0.15) is 12.1 Å². The molecule has 3 aromatic rings. The lowest BCUT2D eigenvalue weighted by Crippen LogP contribution is -2.32. The number of pyridine rings is 1. The monoisotopic (exact) mass is 382 g/mol. The van der Waals surface area contributed by atoms with Crippen LogP contribution in [0.5, 0.6) is 0 Å². The summed E-state index contributed by atoms with van der Waals surface area (Å²) < 4.78 is 1.79. The Bertz CT molecular complexity index is 881. The molecule has 4 rings (SSSR count). The van der Waals surface area contributed by atoms with Crippen LogP contribution in [0, 0.1) is 5.92 Å². The van der Waals surface area contributed by atoms with Gasteiger partial charge in [0.05, 0.1) is 11.3 Å². The third-order valence-electron chi connectivity index (χ3n) is 4.81. The number of amides is 1. The number of nitrogens with zero attached hydrogens (tertiary/aromatic N) is 5. The predicted octanol–water partition coefficient (Wildman–Crippen LogP) is 3.21. The van der Waals surface area contributed by atoms with Crippen molar-refractivity contribution in [3.63, 3.8) is 0 Å². The fourth-order valence-corrected chi connectivity index (χ4v) is 3.82. The van der Waals surface area contributed by atoms with Crippen LogP contribution in [-0.2, 0) is 6.54 Å². The fourth-order valence-electron chi connectivity index (χ4n) is 3.12. The van der Waals surface area contributed by atoms with Gasteiger partial charge in [-0.3, -0.25) is 19.6 Å². The average Bonchev–Trinajstić information content (AvgIpc) is 3.36. The van der Waals surface area contributed by atoms with Gasteiger partial charge in [-0.1, -0.05) is 6.92 Å². The molecule has 0 aliphatic carbocycles. The summed E-state index contributed by atoms with van der Waals surface area (Å²) in [5.74, 6) is 1.34. The number of hydrogen-bond acceptors (Lipinski definition) is 6. The topological polar surface area (TPSA) is 75.9 Å². The Morgan fingerprint density at radius 1 is 1.33 bits per heavy atom. The largest absolute Gasteiger partial charge is 0.298 e. The molecule has 0 aromatic carbocycles. The second-order valence-corrected chi connectivity index (χ2v) is 7.79. The van der Waals surface area contributed by atoms with Crippen molar-refractivity contribution >= 4 is 22.4 Å². The van der Waals surface area contributed by atoms with Crippen LogP contribution in [0.25, 0.3) is 5.82 Å². The molecule has 1 N–H and O–H groups in total. The first-order valence-corrected chi connectivity index (χ1v) is 9.98. The normalized spacial score (nSPS) is 15.7. The summed E-state index contributed by atoms with van der Waals surface area (Å²) in [6, 6.07) is 3.54. The highest BCUT2D eigenvalue weighted by atomic mass is 32.1. The van der Waals surface area contributed by atoms with Crippen molar-refractivity contribution in [1.82, 2.24) is 24.4 Å². The van der Waals surface area contributed by atoms with Gasteiger partial charge in [0.15, 0.2) is 5.13 Å². The molecule has 7 nitrogen and oxygen atoms in total. The number of hydrogen-bond donors (Lipinski definition) is 1. The number of carbonyl (C=O) groups excluding carboxylic acids is 1. The quantitative estimate of drug-likeness (QED) is 0.733. The maximum absolute atomic E-state index is 12.4. The molecule has 1 saturated heterocycles. The lowest BCUT2D eigenvalue weighted by Gasteiger charge is -2.29. The molecular weight excluding hydrogens is 360 g/mol. The highest BCUT2D eigenvalue weighted by Crippen LogP contribution is 2.21. The van der Waals surface area contributed by atoms with Crippen molar-refractivity contribution in [2.24, 2.45) is 5.92 Å². The first kappa shape index (κ1) is 17.8. The molecule has 0 bridgehead atoms. The highest BCUT2D eigenvalue weighted by Gasteiger charge is 2.17. The number of anilines is 1. The Morgan fingerprint density at radius 3 is 2.89 bits per heavy atom. The Balaban J connectivity index is 1.35. The van der Waals surface area contributed by atoms with Crippen LogP contribution in [0.2, 0.25) is 0 Å². The molecule has 0 unspecified atom stereocenters. The lowest BCUT2D eigenvalue weighted by atomic mass is 9.99. The van der Waals surface area contributed by atoms with Crippen LogP contribution in [-0.4, -0.2) is 43.4 Å². The molecule has 3 aromatic heterocycles. The van der Waals surface area contributed by atoms with E-state index in [-0.39, 0.29) is 5.91 Å². The summed E-state index contributed by atoms with van der Waals surface area (Å²) in [6.45, 7) is 5.40. The van der Waals surface area contributed by atoms with E-state index in [0.29, 0.717) is 10.7 Å². The van der Waals surface area contributed by atoms with Gasteiger partial charge in [-0.2, -0.15) is 0 Å². The van der Waals surface area contributed by atoms with Crippen molar-refractivity contribution in [3.8, 4) is 5.82 Å². The van der Waals surface area contributed by atoms with Crippen molar-refractivity contribution in [3.05, 3.63) is 53.7 Å². The molecule has 8 heteroatoms. The SMILES string of the molecule is CC1CCN(Cc2csc(NC(=O)c3ccc(-n4ccnc4)nc3)n2)CC1. The number of imidazole rings is 1. The van der Waals surface area contributed by atoms with E-state index in [4.69, 9.17) is 0 Å². The van der Waals surface area contributed by atoms with Gasteiger partial charge < -0.3 is 0 Å². The zero-order chi connectivity index (χ0) is 18.6. The number of aromatic nitrogens is 4. The molecular formula is C19H22N6OS. The number of piperidine rings is 1. The molecule has 1 aliphatic heterocycles. The minimum Gasteiger partial charge on any atom is -0.298 e. The highest BCUT2D eigenvalue weighted by molar-refractivity contribution is 7.13. The van der Waals surface area contributed by atoms with E-state index in [1.165, 1.54) is 24.2 Å². The number of nitrogens with one attached hydrogen (secondary N) is 1. The Morgan fingerprint density at radius 2 is 2.19 bits per heavy atom. The first-order valence-electron chi connectivity index (χ1n) is 9.10. The molecule has 0 radical (unpaired) electrons. The first-order chi connectivity index (χ1) is 13.2. The molecule has 1 fully saturated rings. The molecule has 1 aliphatic rings. The van der Waals surface area contributed by atoms with Crippen molar-refractivity contribution in [1.29, 1.82) is 0 Å². The van der Waals surface area contributed by atoms with E-state index < -0.39 is 0 Å². The summed E-state index contributed by atoms with van der Waals surface area (Å²) >= 11 is 1.46. The van der Waals surface area contributed by atoms with Gasteiger partial charge >= 0.3 is 0 Å². The van der Waals surface area contributed by atoms with Crippen LogP contribution >= 0.6 is 11.3 Å². The Kier molecular flexibility index (Phi) is 5.26. The molecule has 1 amide bonds. The summed E-state index contributed by atoms with van der Waals surface area (Å²) in [5.41, 5.74) is 1.51. The van der Waals surface area contributed by atoms with E-state index >= 15 is 0 Å². The second-order valence-electron chi connectivity index (χ2n) is 6.93. The predicted molar refractivity (Wildman–Crippen MR) is 105 cm³/mol. The summed E-state index contributed by atoms with van der Waals surface area (Å²) in [4.78, 5) is 27.7. The van der Waals surface area contributed by atoms with Crippen LogP contribution in [0.4, 0.5) is 5.13 Å². The summed E-state index contributed by atoms with van der Waals surface area (Å²) in [7, 11) is 0. The molecule has 0 atom stereocenters.